The Morgan fingerprint density at radius 3 is 2.38 bits per heavy atom. The number of ether oxygens (including phenoxy) is 1. The van der Waals surface area contributed by atoms with Crippen LogP contribution in [0, 0.1) is 6.92 Å². The van der Waals surface area contributed by atoms with Crippen LogP contribution in [0.15, 0.2) is 35.5 Å². The highest BCUT2D eigenvalue weighted by molar-refractivity contribution is 7.22. The number of likely N-dealkylation sites (N-methyl/N-ethyl adjacent to an activating group) is 1. The molecule has 0 spiro atoms. The third-order valence-corrected chi connectivity index (χ3v) is 6.72. The number of fused-ring (bicyclic) bond motifs is 1. The van der Waals surface area contributed by atoms with Crippen molar-refractivity contribution in [2.24, 2.45) is 0 Å². The molecule has 0 aliphatic carbocycles. The van der Waals surface area contributed by atoms with Crippen LogP contribution < -0.4 is 15.4 Å². The molecule has 0 radical (unpaired) electrons. The maximum atomic E-state index is 12.2. The van der Waals surface area contributed by atoms with Gasteiger partial charge in [-0.2, -0.15) is 0 Å². The number of hydrogen-bond donors (Lipinski definition) is 2. The lowest BCUT2D eigenvalue weighted by molar-refractivity contribution is -0.124. The van der Waals surface area contributed by atoms with Crippen LogP contribution in [-0.4, -0.2) is 53.9 Å². The number of nitrogens with zero attached hydrogens (tertiary/aromatic N) is 3. The van der Waals surface area contributed by atoms with Gasteiger partial charge in [-0.05, 0) is 63.3 Å². The summed E-state index contributed by atoms with van der Waals surface area (Å²) in [5.74, 6) is 1.21. The minimum Gasteiger partial charge on any atom is -0.492 e. The summed E-state index contributed by atoms with van der Waals surface area (Å²) in [6.07, 6.45) is 0.652. The zero-order chi connectivity index (χ0) is 23.7. The molecule has 1 aliphatic heterocycles. The molecule has 3 heterocycles. The molecular formula is C24H28ClN5O3S. The van der Waals surface area contributed by atoms with Gasteiger partial charge in [0.15, 0.2) is 0 Å². The van der Waals surface area contributed by atoms with E-state index >= 15 is 0 Å². The minimum atomic E-state index is -0.444. The number of halogens is 1. The molecule has 34 heavy (non-hydrogen) atoms. The van der Waals surface area contributed by atoms with Crippen LogP contribution >= 0.6 is 23.7 Å². The van der Waals surface area contributed by atoms with Crippen molar-refractivity contribution >= 4 is 51.6 Å². The van der Waals surface area contributed by atoms with E-state index in [0.29, 0.717) is 30.2 Å². The van der Waals surface area contributed by atoms with Crippen LogP contribution in [0.1, 0.15) is 25.2 Å². The summed E-state index contributed by atoms with van der Waals surface area (Å²) in [7, 11) is 4.03. The molecule has 1 aliphatic rings. The summed E-state index contributed by atoms with van der Waals surface area (Å²) < 4.78 is 5.81. The van der Waals surface area contributed by atoms with Crippen LogP contribution in [0.25, 0.3) is 20.7 Å². The van der Waals surface area contributed by atoms with Gasteiger partial charge in [-0.25, -0.2) is 9.97 Å². The van der Waals surface area contributed by atoms with Crippen LogP contribution in [0.5, 0.6) is 5.75 Å². The van der Waals surface area contributed by atoms with Crippen molar-refractivity contribution in [2.75, 3.05) is 32.6 Å². The van der Waals surface area contributed by atoms with Crippen molar-refractivity contribution in [3.8, 4) is 16.2 Å². The number of rotatable bonds is 8. The number of amides is 2. The molecule has 180 valence electrons. The van der Waals surface area contributed by atoms with E-state index in [2.05, 4.69) is 20.5 Å². The van der Waals surface area contributed by atoms with E-state index in [9.17, 15) is 9.59 Å². The minimum absolute atomic E-state index is 0. The molecule has 8 nitrogen and oxygen atoms in total. The lowest BCUT2D eigenvalue weighted by Gasteiger charge is -2.11. The van der Waals surface area contributed by atoms with Gasteiger partial charge >= 0.3 is 0 Å². The van der Waals surface area contributed by atoms with E-state index in [1.807, 2.05) is 52.2 Å². The van der Waals surface area contributed by atoms with E-state index in [1.54, 1.807) is 18.3 Å². The number of aromatic nitrogens is 2. The summed E-state index contributed by atoms with van der Waals surface area (Å²) >= 11 is 1.59. The second-order valence-electron chi connectivity index (χ2n) is 8.16. The number of anilines is 1. The lowest BCUT2D eigenvalue weighted by atomic mass is 10.1. The van der Waals surface area contributed by atoms with Crippen molar-refractivity contribution in [1.82, 2.24) is 20.2 Å². The average Bonchev–Trinajstić information content (AvgIpc) is 3.24. The van der Waals surface area contributed by atoms with Gasteiger partial charge in [-0.3, -0.25) is 14.9 Å². The Morgan fingerprint density at radius 1 is 1.09 bits per heavy atom. The maximum Gasteiger partial charge on any atom is 0.275 e. The van der Waals surface area contributed by atoms with E-state index in [0.717, 1.165) is 38.5 Å². The van der Waals surface area contributed by atoms with Gasteiger partial charge in [0, 0.05) is 23.4 Å². The molecule has 0 fully saturated rings. The van der Waals surface area contributed by atoms with E-state index in [1.165, 1.54) is 0 Å². The normalized spacial score (nSPS) is 13.5. The molecule has 0 atom stereocenters. The third kappa shape index (κ3) is 5.06. The van der Waals surface area contributed by atoms with Gasteiger partial charge in [-0.15, -0.1) is 23.7 Å². The van der Waals surface area contributed by atoms with Crippen LogP contribution in [0.3, 0.4) is 0 Å². The van der Waals surface area contributed by atoms with Crippen molar-refractivity contribution in [3.63, 3.8) is 0 Å². The molecular weight excluding hydrogens is 474 g/mol. The highest BCUT2D eigenvalue weighted by Crippen LogP contribution is 2.41. The highest BCUT2D eigenvalue weighted by Gasteiger charge is 2.28. The number of aryl methyl sites for hydroxylation is 2. The summed E-state index contributed by atoms with van der Waals surface area (Å²) in [4.78, 5) is 37.5. The quantitative estimate of drug-likeness (QED) is 0.451. The molecule has 2 aromatic heterocycles. The largest absolute Gasteiger partial charge is 0.492 e. The molecule has 0 saturated carbocycles. The SMILES string of the molecule is CCc1nc(NC2=C(C)C(=O)NC2=O)c2c(C)c(-c3ccc(OCCN(C)C)cc3)sc2n1.Cl. The van der Waals surface area contributed by atoms with Gasteiger partial charge < -0.3 is 15.0 Å². The fraction of sp³-hybridized carbons (Fsp3) is 0.333. The molecule has 0 bridgehead atoms. The molecule has 2 amide bonds. The number of carbonyl (C=O) groups is 2. The van der Waals surface area contributed by atoms with E-state index in [-0.39, 0.29) is 24.0 Å². The maximum absolute atomic E-state index is 12.2. The Kier molecular flexibility index (Phi) is 7.91. The Hall–Kier alpha value is -3.01. The predicted octanol–water partition coefficient (Wildman–Crippen LogP) is 3.93. The molecule has 2 N–H and O–H groups in total. The summed E-state index contributed by atoms with van der Waals surface area (Å²) in [6.45, 7) is 7.11. The first-order chi connectivity index (χ1) is 15.8. The number of nitrogens with one attached hydrogen (secondary N) is 2. The van der Waals surface area contributed by atoms with Crippen LogP contribution in [-0.2, 0) is 16.0 Å². The molecule has 1 aromatic carbocycles. The number of imide groups is 1. The smallest absolute Gasteiger partial charge is 0.275 e. The Morgan fingerprint density at radius 2 is 1.79 bits per heavy atom. The monoisotopic (exact) mass is 501 g/mol. The van der Waals surface area contributed by atoms with Gasteiger partial charge in [0.25, 0.3) is 11.8 Å². The number of carbonyl (C=O) groups excluding carboxylic acids is 2. The molecule has 4 rings (SSSR count). The van der Waals surface area contributed by atoms with Gasteiger partial charge in [0.1, 0.15) is 34.5 Å². The predicted molar refractivity (Wildman–Crippen MR) is 138 cm³/mol. The van der Waals surface area contributed by atoms with Crippen molar-refractivity contribution in [2.45, 2.75) is 27.2 Å². The van der Waals surface area contributed by atoms with Crippen LogP contribution in [0.4, 0.5) is 5.82 Å². The number of hydrogen-bond acceptors (Lipinski definition) is 8. The first-order valence-corrected chi connectivity index (χ1v) is 11.6. The molecule has 3 aromatic rings. The Labute approximate surface area is 208 Å². The first kappa shape index (κ1) is 25.6. The summed E-state index contributed by atoms with van der Waals surface area (Å²) in [5, 5.41) is 6.28. The van der Waals surface area contributed by atoms with Gasteiger partial charge in [0.05, 0.1) is 5.39 Å². The van der Waals surface area contributed by atoms with E-state index < -0.39 is 5.91 Å². The Balaban J connectivity index is 0.00000324. The topological polar surface area (TPSA) is 96.5 Å². The number of benzene rings is 1. The lowest BCUT2D eigenvalue weighted by Crippen LogP contribution is -2.24. The first-order valence-electron chi connectivity index (χ1n) is 10.8. The fourth-order valence-electron chi connectivity index (χ4n) is 3.57. The third-order valence-electron chi connectivity index (χ3n) is 5.49. The second-order valence-corrected chi connectivity index (χ2v) is 9.16. The molecule has 10 heteroatoms. The van der Waals surface area contributed by atoms with Crippen molar-refractivity contribution in [1.29, 1.82) is 0 Å². The van der Waals surface area contributed by atoms with Crippen molar-refractivity contribution < 1.29 is 14.3 Å². The van der Waals surface area contributed by atoms with Gasteiger partial charge in [0.2, 0.25) is 0 Å². The zero-order valence-electron chi connectivity index (χ0n) is 19.8. The average molecular weight is 502 g/mol. The molecule has 0 unspecified atom stereocenters. The van der Waals surface area contributed by atoms with Gasteiger partial charge in [-0.1, -0.05) is 6.92 Å². The van der Waals surface area contributed by atoms with E-state index in [4.69, 9.17) is 9.72 Å². The number of thiophene rings is 1. The summed E-state index contributed by atoms with van der Waals surface area (Å²) in [5.41, 5.74) is 2.66. The highest BCUT2D eigenvalue weighted by atomic mass is 35.5. The molecule has 0 saturated heterocycles. The standard InChI is InChI=1S/C24H27N5O3S.ClH/c1-6-17-25-21(27-19-14(3)22(30)28-23(19)31)18-13(2)20(33-24(18)26-17)15-7-9-16(10-8-15)32-12-11-29(4)5;/h7-10H,6,11-12H2,1-5H3,(H2,25,26,27,28,30,31);1H. The summed E-state index contributed by atoms with van der Waals surface area (Å²) in [6, 6.07) is 8.03. The van der Waals surface area contributed by atoms with Crippen molar-refractivity contribution in [3.05, 3.63) is 46.9 Å². The zero-order valence-corrected chi connectivity index (χ0v) is 21.4. The fourth-order valence-corrected chi connectivity index (χ4v) is 4.77. The Bertz CT molecular complexity index is 1270. The second kappa shape index (κ2) is 10.5. The van der Waals surface area contributed by atoms with Crippen LogP contribution in [0.2, 0.25) is 0 Å².